The molecule has 0 aliphatic carbocycles. The number of phenolic OH excluding ortho intramolecular Hbond substituents is 1. The third kappa shape index (κ3) is 1.95. The van der Waals surface area contributed by atoms with Crippen molar-refractivity contribution in [3.8, 4) is 5.75 Å². The molecule has 0 radical (unpaired) electrons. The van der Waals surface area contributed by atoms with Gasteiger partial charge in [0.2, 0.25) is 0 Å². The van der Waals surface area contributed by atoms with E-state index in [0.29, 0.717) is 0 Å². The van der Waals surface area contributed by atoms with Crippen LogP contribution in [0.5, 0.6) is 5.75 Å². The first-order valence-electron chi connectivity index (χ1n) is 4.72. The summed E-state index contributed by atoms with van der Waals surface area (Å²) >= 11 is 0. The summed E-state index contributed by atoms with van der Waals surface area (Å²) in [7, 11) is -4.48. The SMILES string of the molecule is [N-]=[N+]=Nc1cc(S(=O)(=O)O)c2ccccc2c1O. The molecule has 0 bridgehead atoms. The number of hydrogen-bond donors (Lipinski definition) is 2. The van der Waals surface area contributed by atoms with Gasteiger partial charge in [-0.05, 0) is 11.6 Å². The summed E-state index contributed by atoms with van der Waals surface area (Å²) in [6.07, 6.45) is 0. The van der Waals surface area contributed by atoms with Crippen LogP contribution in [0.4, 0.5) is 5.69 Å². The summed E-state index contributed by atoms with van der Waals surface area (Å²) < 4.78 is 31.6. The van der Waals surface area contributed by atoms with Gasteiger partial charge in [0.25, 0.3) is 10.1 Å². The van der Waals surface area contributed by atoms with Gasteiger partial charge in [0, 0.05) is 15.7 Å². The van der Waals surface area contributed by atoms with Crippen LogP contribution in [0, 0.1) is 0 Å². The minimum Gasteiger partial charge on any atom is -0.507 e. The fourth-order valence-electron chi connectivity index (χ4n) is 1.65. The molecule has 2 rings (SSSR count). The molecule has 18 heavy (non-hydrogen) atoms. The van der Waals surface area contributed by atoms with Gasteiger partial charge in [-0.3, -0.25) is 4.55 Å². The van der Waals surface area contributed by atoms with E-state index < -0.39 is 15.0 Å². The highest BCUT2D eigenvalue weighted by atomic mass is 32.2. The van der Waals surface area contributed by atoms with Gasteiger partial charge in [0.05, 0.1) is 5.69 Å². The predicted molar refractivity (Wildman–Crippen MR) is 64.2 cm³/mol. The fourth-order valence-corrected chi connectivity index (χ4v) is 2.37. The van der Waals surface area contributed by atoms with Crippen LogP contribution in [0.15, 0.2) is 40.3 Å². The Morgan fingerprint density at radius 3 is 2.39 bits per heavy atom. The molecule has 0 aromatic heterocycles. The minimum atomic E-state index is -4.48. The molecule has 0 fully saturated rings. The normalized spacial score (nSPS) is 11.2. The molecule has 0 spiro atoms. The van der Waals surface area contributed by atoms with Crippen molar-refractivity contribution in [1.82, 2.24) is 0 Å². The van der Waals surface area contributed by atoms with Gasteiger partial charge in [0.1, 0.15) is 10.6 Å². The molecule has 0 heterocycles. The van der Waals surface area contributed by atoms with Crippen molar-refractivity contribution in [2.24, 2.45) is 5.11 Å². The molecule has 0 aliphatic heterocycles. The Bertz CT molecular complexity index is 779. The number of nitrogens with zero attached hydrogens (tertiary/aromatic N) is 3. The quantitative estimate of drug-likeness (QED) is 0.375. The predicted octanol–water partition coefficient (Wildman–Crippen LogP) is 2.73. The van der Waals surface area contributed by atoms with Gasteiger partial charge >= 0.3 is 0 Å². The van der Waals surface area contributed by atoms with Gasteiger partial charge in [-0.2, -0.15) is 8.42 Å². The van der Waals surface area contributed by atoms with E-state index in [2.05, 4.69) is 10.0 Å². The first kappa shape index (κ1) is 12.2. The van der Waals surface area contributed by atoms with E-state index in [9.17, 15) is 13.5 Å². The lowest BCUT2D eigenvalue weighted by Crippen LogP contribution is -1.99. The van der Waals surface area contributed by atoms with Crippen molar-refractivity contribution >= 4 is 26.6 Å². The molecule has 0 unspecified atom stereocenters. The first-order valence-corrected chi connectivity index (χ1v) is 6.16. The lowest BCUT2D eigenvalue weighted by molar-refractivity contribution is 0.480. The van der Waals surface area contributed by atoms with Crippen molar-refractivity contribution in [2.45, 2.75) is 4.90 Å². The zero-order valence-corrected chi connectivity index (χ0v) is 9.66. The van der Waals surface area contributed by atoms with Gasteiger partial charge < -0.3 is 5.11 Å². The van der Waals surface area contributed by atoms with Crippen LogP contribution >= 0.6 is 0 Å². The van der Waals surface area contributed by atoms with Crippen LogP contribution in [0.3, 0.4) is 0 Å². The van der Waals surface area contributed by atoms with Crippen LogP contribution in [0.1, 0.15) is 0 Å². The van der Waals surface area contributed by atoms with E-state index in [-0.39, 0.29) is 22.2 Å². The average Bonchev–Trinajstić information content (AvgIpc) is 2.31. The van der Waals surface area contributed by atoms with E-state index >= 15 is 0 Å². The number of aromatic hydroxyl groups is 1. The van der Waals surface area contributed by atoms with E-state index in [4.69, 9.17) is 10.1 Å². The maximum atomic E-state index is 11.3. The molecular weight excluding hydrogens is 258 g/mol. The summed E-state index contributed by atoms with van der Waals surface area (Å²) in [6, 6.07) is 6.94. The smallest absolute Gasteiger partial charge is 0.295 e. The summed E-state index contributed by atoms with van der Waals surface area (Å²) in [6.45, 7) is 0. The molecule has 7 nitrogen and oxygen atoms in total. The molecule has 0 saturated heterocycles. The molecule has 0 atom stereocenters. The lowest BCUT2D eigenvalue weighted by atomic mass is 10.1. The van der Waals surface area contributed by atoms with Gasteiger partial charge in [-0.25, -0.2) is 0 Å². The second-order valence-electron chi connectivity index (χ2n) is 3.45. The van der Waals surface area contributed by atoms with Crippen LogP contribution in [0.2, 0.25) is 0 Å². The highest BCUT2D eigenvalue weighted by Crippen LogP contribution is 2.38. The van der Waals surface area contributed by atoms with Gasteiger partial charge in [0.15, 0.2) is 0 Å². The largest absolute Gasteiger partial charge is 0.507 e. The number of fused-ring (bicyclic) bond motifs is 1. The van der Waals surface area contributed by atoms with E-state index in [1.807, 2.05) is 0 Å². The molecule has 2 aromatic carbocycles. The summed E-state index contributed by atoms with van der Waals surface area (Å²) in [5.41, 5.74) is 8.08. The molecule has 2 N–H and O–H groups in total. The standard InChI is InChI=1S/C10H7N3O4S/c11-13-12-8-5-9(18(15,16)17)6-3-1-2-4-7(6)10(8)14/h1-5,14H,(H,15,16,17). The molecule has 0 aliphatic rings. The highest BCUT2D eigenvalue weighted by molar-refractivity contribution is 7.86. The second kappa shape index (κ2) is 4.19. The first-order chi connectivity index (χ1) is 8.45. The third-order valence-electron chi connectivity index (χ3n) is 2.39. The maximum absolute atomic E-state index is 11.3. The summed E-state index contributed by atoms with van der Waals surface area (Å²) in [5, 5.41) is 13.3. The Morgan fingerprint density at radius 2 is 1.83 bits per heavy atom. The highest BCUT2D eigenvalue weighted by Gasteiger charge is 2.18. The van der Waals surface area contributed by atoms with Crippen molar-refractivity contribution in [3.63, 3.8) is 0 Å². The van der Waals surface area contributed by atoms with E-state index in [1.165, 1.54) is 12.1 Å². The van der Waals surface area contributed by atoms with Crippen LogP contribution in [0.25, 0.3) is 21.2 Å². The third-order valence-corrected chi connectivity index (χ3v) is 3.28. The molecule has 8 heteroatoms. The number of phenols is 1. The Morgan fingerprint density at radius 1 is 1.22 bits per heavy atom. The van der Waals surface area contributed by atoms with E-state index in [1.54, 1.807) is 12.1 Å². The lowest BCUT2D eigenvalue weighted by Gasteiger charge is -2.08. The summed E-state index contributed by atoms with van der Waals surface area (Å²) in [5.74, 6) is -0.337. The topological polar surface area (TPSA) is 123 Å². The number of rotatable bonds is 2. The number of hydrogen-bond acceptors (Lipinski definition) is 4. The van der Waals surface area contributed by atoms with Crippen LogP contribution < -0.4 is 0 Å². The number of benzene rings is 2. The maximum Gasteiger partial charge on any atom is 0.295 e. The zero-order valence-electron chi connectivity index (χ0n) is 8.85. The van der Waals surface area contributed by atoms with Crippen molar-refractivity contribution in [3.05, 3.63) is 40.8 Å². The van der Waals surface area contributed by atoms with Gasteiger partial charge in [-0.1, -0.05) is 29.4 Å². The summed E-state index contributed by atoms with van der Waals surface area (Å²) in [4.78, 5) is 2.07. The Balaban J connectivity index is 3.03. The Kier molecular flexibility index (Phi) is 2.84. The van der Waals surface area contributed by atoms with Crippen LogP contribution in [-0.4, -0.2) is 18.1 Å². The van der Waals surface area contributed by atoms with Crippen LogP contribution in [-0.2, 0) is 10.1 Å². The molecular formula is C10H7N3O4S. The Hall–Kier alpha value is -2.28. The molecule has 0 amide bonds. The van der Waals surface area contributed by atoms with Crippen molar-refractivity contribution < 1.29 is 18.1 Å². The Labute approximate surface area is 102 Å². The van der Waals surface area contributed by atoms with Crippen molar-refractivity contribution in [2.75, 3.05) is 0 Å². The minimum absolute atomic E-state index is 0.148. The average molecular weight is 265 g/mol. The molecule has 2 aromatic rings. The zero-order chi connectivity index (χ0) is 13.3. The molecule has 92 valence electrons. The number of azide groups is 1. The fraction of sp³-hybridized carbons (Fsp3) is 0. The van der Waals surface area contributed by atoms with Gasteiger partial charge in [-0.15, -0.1) is 0 Å². The monoisotopic (exact) mass is 265 g/mol. The van der Waals surface area contributed by atoms with Crippen molar-refractivity contribution in [1.29, 1.82) is 0 Å². The van der Waals surface area contributed by atoms with E-state index in [0.717, 1.165) is 6.07 Å². The second-order valence-corrected chi connectivity index (χ2v) is 4.84. The molecule has 0 saturated carbocycles.